The van der Waals surface area contributed by atoms with Crippen LogP contribution in [0.25, 0.3) is 0 Å². The van der Waals surface area contributed by atoms with Gasteiger partial charge < -0.3 is 11.1 Å². The minimum Gasteiger partial charge on any atom is -0.355 e. The molecule has 0 bridgehead atoms. The molecule has 1 unspecified atom stereocenters. The molecule has 1 aromatic rings. The first kappa shape index (κ1) is 13.5. The van der Waals surface area contributed by atoms with E-state index in [1.807, 2.05) is 11.3 Å². The number of fused-ring (bicyclic) bond motifs is 1. The number of amides is 1. The van der Waals surface area contributed by atoms with E-state index < -0.39 is 0 Å². The van der Waals surface area contributed by atoms with Crippen LogP contribution in [0.15, 0.2) is 11.4 Å². The van der Waals surface area contributed by atoms with E-state index in [1.54, 1.807) is 0 Å². The summed E-state index contributed by atoms with van der Waals surface area (Å²) in [5.74, 6) is 0.0533. The van der Waals surface area contributed by atoms with Gasteiger partial charge in [0.25, 0.3) is 0 Å². The summed E-state index contributed by atoms with van der Waals surface area (Å²) in [6.07, 6.45) is 1.55. The van der Waals surface area contributed by atoms with Crippen LogP contribution in [0.5, 0.6) is 0 Å². The van der Waals surface area contributed by atoms with Gasteiger partial charge in [-0.05, 0) is 30.4 Å². The Labute approximate surface area is 112 Å². The predicted octanol–water partition coefficient (Wildman–Crippen LogP) is 0.960. The van der Waals surface area contributed by atoms with Gasteiger partial charge in [-0.3, -0.25) is 9.69 Å². The average molecular weight is 267 g/mol. The standard InChI is InChI=1S/C13H21N3OS/c1-10(8-15-13(17)2-5-14)16-6-3-12-11(9-16)4-7-18-12/h4,7,10H,2-3,5-6,8-9,14H2,1H3,(H,15,17). The van der Waals surface area contributed by atoms with Gasteiger partial charge >= 0.3 is 0 Å². The zero-order valence-corrected chi connectivity index (χ0v) is 11.6. The molecular weight excluding hydrogens is 246 g/mol. The maximum atomic E-state index is 11.4. The van der Waals surface area contributed by atoms with E-state index in [-0.39, 0.29) is 5.91 Å². The van der Waals surface area contributed by atoms with Crippen LogP contribution in [0.3, 0.4) is 0 Å². The van der Waals surface area contributed by atoms with Crippen LogP contribution in [0.2, 0.25) is 0 Å². The lowest BCUT2D eigenvalue weighted by atomic mass is 10.1. The summed E-state index contributed by atoms with van der Waals surface area (Å²) in [6.45, 7) is 5.38. The fourth-order valence-electron chi connectivity index (χ4n) is 2.26. The van der Waals surface area contributed by atoms with Gasteiger partial charge in [0.05, 0.1) is 0 Å². The highest BCUT2D eigenvalue weighted by molar-refractivity contribution is 7.10. The fraction of sp³-hybridized carbons (Fsp3) is 0.615. The number of nitrogens with two attached hydrogens (primary N) is 1. The number of carbonyl (C=O) groups excluding carboxylic acids is 1. The Bertz CT molecular complexity index is 405. The molecule has 0 saturated heterocycles. The second-order valence-electron chi connectivity index (χ2n) is 4.78. The number of nitrogens with one attached hydrogen (secondary N) is 1. The van der Waals surface area contributed by atoms with Gasteiger partial charge in [-0.2, -0.15) is 0 Å². The zero-order valence-electron chi connectivity index (χ0n) is 10.8. The molecule has 5 heteroatoms. The fourth-order valence-corrected chi connectivity index (χ4v) is 3.15. The summed E-state index contributed by atoms with van der Waals surface area (Å²) in [4.78, 5) is 15.3. The highest BCUT2D eigenvalue weighted by atomic mass is 32.1. The van der Waals surface area contributed by atoms with Crippen molar-refractivity contribution >= 4 is 17.2 Å². The summed E-state index contributed by atoms with van der Waals surface area (Å²) in [5.41, 5.74) is 6.80. The Morgan fingerprint density at radius 1 is 1.67 bits per heavy atom. The van der Waals surface area contributed by atoms with E-state index in [0.717, 1.165) is 19.5 Å². The van der Waals surface area contributed by atoms with E-state index in [4.69, 9.17) is 5.73 Å². The first-order chi connectivity index (χ1) is 8.70. The molecule has 1 atom stereocenters. The maximum Gasteiger partial charge on any atom is 0.221 e. The van der Waals surface area contributed by atoms with Crippen molar-refractivity contribution in [2.24, 2.45) is 5.73 Å². The maximum absolute atomic E-state index is 11.4. The Morgan fingerprint density at radius 2 is 2.50 bits per heavy atom. The van der Waals surface area contributed by atoms with Crippen LogP contribution in [0.4, 0.5) is 0 Å². The molecule has 0 aliphatic carbocycles. The molecule has 3 N–H and O–H groups in total. The molecule has 18 heavy (non-hydrogen) atoms. The Morgan fingerprint density at radius 3 is 3.28 bits per heavy atom. The van der Waals surface area contributed by atoms with Crippen LogP contribution in [0, 0.1) is 0 Å². The third-order valence-corrected chi connectivity index (χ3v) is 4.45. The largest absolute Gasteiger partial charge is 0.355 e. The smallest absolute Gasteiger partial charge is 0.221 e. The highest BCUT2D eigenvalue weighted by Gasteiger charge is 2.21. The van der Waals surface area contributed by atoms with Crippen molar-refractivity contribution in [3.63, 3.8) is 0 Å². The summed E-state index contributed by atoms with van der Waals surface area (Å²) >= 11 is 1.85. The summed E-state index contributed by atoms with van der Waals surface area (Å²) in [6, 6.07) is 2.59. The number of rotatable bonds is 5. The number of thiophene rings is 1. The predicted molar refractivity (Wildman–Crippen MR) is 74.6 cm³/mol. The third kappa shape index (κ3) is 3.31. The quantitative estimate of drug-likeness (QED) is 0.835. The van der Waals surface area contributed by atoms with Crippen molar-refractivity contribution < 1.29 is 4.79 Å². The number of hydrogen-bond acceptors (Lipinski definition) is 4. The molecule has 0 saturated carbocycles. The lowest BCUT2D eigenvalue weighted by molar-refractivity contribution is -0.121. The average Bonchev–Trinajstić information content (AvgIpc) is 2.83. The van der Waals surface area contributed by atoms with Gasteiger partial charge in [0.1, 0.15) is 0 Å². The molecule has 1 aliphatic heterocycles. The molecule has 2 rings (SSSR count). The first-order valence-electron chi connectivity index (χ1n) is 6.46. The lowest BCUT2D eigenvalue weighted by Gasteiger charge is -2.32. The lowest BCUT2D eigenvalue weighted by Crippen LogP contribution is -2.44. The topological polar surface area (TPSA) is 58.4 Å². The minimum atomic E-state index is 0.0533. The van der Waals surface area contributed by atoms with Crippen LogP contribution < -0.4 is 11.1 Å². The minimum absolute atomic E-state index is 0.0533. The first-order valence-corrected chi connectivity index (χ1v) is 7.34. The van der Waals surface area contributed by atoms with Crippen molar-refractivity contribution in [3.8, 4) is 0 Å². The second-order valence-corrected chi connectivity index (χ2v) is 5.78. The van der Waals surface area contributed by atoms with Crippen molar-refractivity contribution in [2.75, 3.05) is 19.6 Å². The van der Waals surface area contributed by atoms with Gasteiger partial charge in [-0.15, -0.1) is 11.3 Å². The number of carbonyl (C=O) groups is 1. The van der Waals surface area contributed by atoms with E-state index in [9.17, 15) is 4.79 Å². The summed E-state index contributed by atoms with van der Waals surface area (Å²) < 4.78 is 0. The summed E-state index contributed by atoms with van der Waals surface area (Å²) in [7, 11) is 0. The van der Waals surface area contributed by atoms with Crippen molar-refractivity contribution in [2.45, 2.75) is 32.4 Å². The van der Waals surface area contributed by atoms with Crippen molar-refractivity contribution in [1.82, 2.24) is 10.2 Å². The molecule has 1 amide bonds. The molecule has 0 fully saturated rings. The molecule has 2 heterocycles. The van der Waals surface area contributed by atoms with Gasteiger partial charge in [0, 0.05) is 43.5 Å². The van der Waals surface area contributed by atoms with Gasteiger partial charge in [-0.1, -0.05) is 0 Å². The van der Waals surface area contributed by atoms with E-state index >= 15 is 0 Å². The van der Waals surface area contributed by atoms with Crippen molar-refractivity contribution in [3.05, 3.63) is 21.9 Å². The van der Waals surface area contributed by atoms with Crippen LogP contribution in [-0.2, 0) is 17.8 Å². The second kappa shape index (κ2) is 6.31. The van der Waals surface area contributed by atoms with Gasteiger partial charge in [0.2, 0.25) is 5.91 Å². The third-order valence-electron chi connectivity index (χ3n) is 3.43. The molecule has 1 aromatic heterocycles. The number of hydrogen-bond donors (Lipinski definition) is 2. The molecule has 4 nitrogen and oxygen atoms in total. The van der Waals surface area contributed by atoms with Crippen molar-refractivity contribution in [1.29, 1.82) is 0 Å². The van der Waals surface area contributed by atoms with E-state index in [0.29, 0.717) is 25.6 Å². The van der Waals surface area contributed by atoms with E-state index in [1.165, 1.54) is 10.4 Å². The SMILES string of the molecule is CC(CNC(=O)CCN)N1CCc2sccc2C1. The van der Waals surface area contributed by atoms with Gasteiger partial charge in [0.15, 0.2) is 0 Å². The van der Waals surface area contributed by atoms with E-state index in [2.05, 4.69) is 28.6 Å². The Balaban J connectivity index is 1.80. The number of nitrogens with zero attached hydrogens (tertiary/aromatic N) is 1. The molecular formula is C13H21N3OS. The normalized spacial score (nSPS) is 17.2. The molecule has 1 aliphatic rings. The molecule has 0 spiro atoms. The monoisotopic (exact) mass is 267 g/mol. The van der Waals surface area contributed by atoms with Crippen LogP contribution in [-0.4, -0.2) is 36.5 Å². The van der Waals surface area contributed by atoms with Crippen LogP contribution >= 0.6 is 11.3 Å². The van der Waals surface area contributed by atoms with Gasteiger partial charge in [-0.25, -0.2) is 0 Å². The van der Waals surface area contributed by atoms with Crippen LogP contribution in [0.1, 0.15) is 23.8 Å². The molecule has 0 aromatic carbocycles. The molecule has 100 valence electrons. The summed E-state index contributed by atoms with van der Waals surface area (Å²) in [5, 5.41) is 5.11. The highest BCUT2D eigenvalue weighted by Crippen LogP contribution is 2.24. The Kier molecular flexibility index (Phi) is 4.74. The Hall–Kier alpha value is -0.910. The molecule has 0 radical (unpaired) electrons. The zero-order chi connectivity index (χ0) is 13.0.